The van der Waals surface area contributed by atoms with Crippen molar-refractivity contribution in [2.45, 2.75) is 71.2 Å². The average Bonchev–Trinajstić information content (AvgIpc) is 3.19. The maximum absolute atomic E-state index is 12.9. The number of fused-ring (bicyclic) bond motifs is 5. The summed E-state index contributed by atoms with van der Waals surface area (Å²) in [5, 5.41) is 3.19. The summed E-state index contributed by atoms with van der Waals surface area (Å²) in [6.45, 7) is 4.65. The van der Waals surface area contributed by atoms with Crippen molar-refractivity contribution in [3.8, 4) is 0 Å². The third-order valence-corrected chi connectivity index (χ3v) is 10.1. The van der Waals surface area contributed by atoms with E-state index in [-0.39, 0.29) is 41.9 Å². The van der Waals surface area contributed by atoms with Gasteiger partial charge in [-0.25, -0.2) is 4.79 Å². The number of ether oxygens (including phenoxy) is 2. The van der Waals surface area contributed by atoms with Crippen molar-refractivity contribution in [3.63, 3.8) is 0 Å². The van der Waals surface area contributed by atoms with E-state index in [1.54, 1.807) is 12.1 Å². The molecule has 3 aliphatic carbocycles. The molecule has 0 bridgehead atoms. The van der Waals surface area contributed by atoms with E-state index in [0.717, 1.165) is 50.7 Å². The van der Waals surface area contributed by atoms with Gasteiger partial charge in [-0.3, -0.25) is 4.79 Å². The van der Waals surface area contributed by atoms with Crippen LogP contribution in [0, 0.1) is 34.5 Å². The Hall–Kier alpha value is -2.35. The van der Waals surface area contributed by atoms with Gasteiger partial charge in [0.25, 0.3) is 0 Å². The molecular formula is C29H36F3NO4. The number of carbonyl (C=O) groups is 2. The van der Waals surface area contributed by atoms with Gasteiger partial charge in [0.1, 0.15) is 6.61 Å². The Bertz CT molecular complexity index is 1070. The van der Waals surface area contributed by atoms with Crippen molar-refractivity contribution in [3.05, 3.63) is 47.5 Å². The molecule has 1 aromatic rings. The molecule has 1 heterocycles. The monoisotopic (exact) mass is 519 g/mol. The fourth-order valence-corrected chi connectivity index (χ4v) is 8.04. The quantitative estimate of drug-likeness (QED) is 0.492. The zero-order valence-corrected chi connectivity index (χ0v) is 21.5. The van der Waals surface area contributed by atoms with Crippen LogP contribution in [-0.2, 0) is 31.8 Å². The molecule has 7 atom stereocenters. The third kappa shape index (κ3) is 4.93. The van der Waals surface area contributed by atoms with Gasteiger partial charge < -0.3 is 14.8 Å². The van der Waals surface area contributed by atoms with Crippen molar-refractivity contribution in [2.75, 3.05) is 13.2 Å². The predicted octanol–water partition coefficient (Wildman–Crippen LogP) is 5.68. The molecular weight excluding hydrogens is 483 g/mol. The highest BCUT2D eigenvalue weighted by molar-refractivity contribution is 5.89. The van der Waals surface area contributed by atoms with Crippen LogP contribution in [0.1, 0.15) is 63.5 Å². The fraction of sp³-hybridized carbons (Fsp3) is 0.655. The maximum Gasteiger partial charge on any atom is 0.416 e. The number of alkyl halides is 3. The van der Waals surface area contributed by atoms with Gasteiger partial charge in [0.15, 0.2) is 0 Å². The van der Waals surface area contributed by atoms with Gasteiger partial charge in [0, 0.05) is 11.5 Å². The highest BCUT2D eigenvalue weighted by Crippen LogP contribution is 2.65. The summed E-state index contributed by atoms with van der Waals surface area (Å²) in [4.78, 5) is 24.3. The lowest BCUT2D eigenvalue weighted by atomic mass is 9.48. The van der Waals surface area contributed by atoms with Crippen LogP contribution in [0.25, 0.3) is 0 Å². The summed E-state index contributed by atoms with van der Waals surface area (Å²) < 4.78 is 49.6. The lowest BCUT2D eigenvalue weighted by molar-refractivity contribution is -0.153. The van der Waals surface area contributed by atoms with Gasteiger partial charge in [-0.15, -0.1) is 0 Å². The van der Waals surface area contributed by atoms with E-state index in [1.165, 1.54) is 6.07 Å². The number of hydrogen-bond donors (Lipinski definition) is 1. The van der Waals surface area contributed by atoms with Crippen LogP contribution in [0.5, 0.6) is 0 Å². The Morgan fingerprint density at radius 2 is 1.92 bits per heavy atom. The molecule has 8 heteroatoms. The van der Waals surface area contributed by atoms with Gasteiger partial charge in [-0.1, -0.05) is 32.1 Å². The van der Waals surface area contributed by atoms with Crippen LogP contribution in [0.15, 0.2) is 36.4 Å². The summed E-state index contributed by atoms with van der Waals surface area (Å²) >= 11 is 0. The lowest BCUT2D eigenvalue weighted by Gasteiger charge is -2.58. The van der Waals surface area contributed by atoms with E-state index < -0.39 is 17.7 Å². The first-order valence-electron chi connectivity index (χ1n) is 13.4. The number of nitrogens with one attached hydrogen (secondary N) is 1. The van der Waals surface area contributed by atoms with Crippen LogP contribution in [0.4, 0.5) is 13.2 Å². The first-order chi connectivity index (χ1) is 17.5. The van der Waals surface area contributed by atoms with Crippen LogP contribution < -0.4 is 5.32 Å². The van der Waals surface area contributed by atoms with Gasteiger partial charge in [-0.2, -0.15) is 13.2 Å². The second-order valence-electron chi connectivity index (χ2n) is 11.9. The molecule has 1 aliphatic heterocycles. The zero-order valence-electron chi connectivity index (χ0n) is 21.5. The van der Waals surface area contributed by atoms with Gasteiger partial charge in [-0.05, 0) is 91.4 Å². The number of rotatable bonds is 6. The first-order valence-corrected chi connectivity index (χ1v) is 13.4. The molecule has 202 valence electrons. The third-order valence-electron chi connectivity index (χ3n) is 10.1. The number of halogens is 3. The Balaban J connectivity index is 1.13. The molecule has 0 spiro atoms. The zero-order chi connectivity index (χ0) is 26.4. The minimum absolute atomic E-state index is 0.000332. The predicted molar refractivity (Wildman–Crippen MR) is 131 cm³/mol. The van der Waals surface area contributed by atoms with Crippen LogP contribution >= 0.6 is 0 Å². The van der Waals surface area contributed by atoms with Crippen molar-refractivity contribution in [1.29, 1.82) is 0 Å². The SMILES string of the molecule is C[C@]12C=CC(=O)NC1CCC1C2CC[C@@]2(C)C1CC[C@@H]2COC(=O)COCc1cccc(C(F)(F)F)c1. The molecule has 5 nitrogen and oxygen atoms in total. The maximum atomic E-state index is 12.9. The van der Waals surface area contributed by atoms with E-state index in [4.69, 9.17) is 9.47 Å². The Kier molecular flexibility index (Phi) is 6.92. The highest BCUT2D eigenvalue weighted by atomic mass is 19.4. The first kappa shape index (κ1) is 26.3. The molecule has 0 radical (unpaired) electrons. The van der Waals surface area contributed by atoms with E-state index in [1.807, 2.05) is 0 Å². The Morgan fingerprint density at radius 1 is 1.11 bits per heavy atom. The Labute approximate surface area is 216 Å². The molecule has 37 heavy (non-hydrogen) atoms. The van der Waals surface area contributed by atoms with Crippen molar-refractivity contribution in [1.82, 2.24) is 5.32 Å². The molecule has 0 aromatic heterocycles. The molecule has 4 aliphatic rings. The molecule has 1 aromatic carbocycles. The van der Waals surface area contributed by atoms with E-state index >= 15 is 0 Å². The molecule has 5 rings (SSSR count). The number of amides is 1. The summed E-state index contributed by atoms with van der Waals surface area (Å²) in [5.41, 5.74) is -0.256. The minimum atomic E-state index is -4.41. The summed E-state index contributed by atoms with van der Waals surface area (Å²) in [7, 11) is 0. The molecule has 3 saturated carbocycles. The van der Waals surface area contributed by atoms with E-state index in [0.29, 0.717) is 29.9 Å². The number of hydrogen-bond acceptors (Lipinski definition) is 4. The van der Waals surface area contributed by atoms with Gasteiger partial charge in [0.05, 0.1) is 18.8 Å². The number of esters is 1. The topological polar surface area (TPSA) is 64.6 Å². The van der Waals surface area contributed by atoms with Gasteiger partial charge >= 0.3 is 12.1 Å². The summed E-state index contributed by atoms with van der Waals surface area (Å²) in [5.74, 6) is 1.56. The van der Waals surface area contributed by atoms with Crippen LogP contribution in [0.3, 0.4) is 0 Å². The highest BCUT2D eigenvalue weighted by Gasteiger charge is 2.59. The molecule has 3 fully saturated rings. The van der Waals surface area contributed by atoms with Crippen molar-refractivity contribution in [2.24, 2.45) is 34.5 Å². The van der Waals surface area contributed by atoms with Gasteiger partial charge in [0.2, 0.25) is 5.91 Å². The van der Waals surface area contributed by atoms with Crippen LogP contribution in [-0.4, -0.2) is 31.1 Å². The fourth-order valence-electron chi connectivity index (χ4n) is 8.04. The second-order valence-corrected chi connectivity index (χ2v) is 11.9. The number of benzene rings is 1. The smallest absolute Gasteiger partial charge is 0.416 e. The summed E-state index contributed by atoms with van der Waals surface area (Å²) in [6, 6.07) is 5.13. The van der Waals surface area contributed by atoms with Crippen molar-refractivity contribution >= 4 is 11.9 Å². The molecule has 1 amide bonds. The largest absolute Gasteiger partial charge is 0.464 e. The molecule has 1 N–H and O–H groups in total. The average molecular weight is 520 g/mol. The van der Waals surface area contributed by atoms with Crippen LogP contribution in [0.2, 0.25) is 0 Å². The molecule has 0 saturated heterocycles. The minimum Gasteiger partial charge on any atom is -0.464 e. The second kappa shape index (κ2) is 9.75. The molecule has 4 unspecified atom stereocenters. The standard InChI is InChI=1S/C29H36F3NO4/c1-27-12-10-23-21(7-9-24-28(23,2)13-11-25(34)33-24)22(27)8-6-20(27)16-37-26(35)17-36-15-18-4-3-5-19(14-18)29(30,31)32/h3-5,11,13-14,20-24H,6-10,12,15-17H2,1-2H3,(H,33,34)/t20-,21?,22?,23?,24?,27-,28-/m1/s1. The van der Waals surface area contributed by atoms with Crippen molar-refractivity contribution < 1.29 is 32.2 Å². The van der Waals surface area contributed by atoms with E-state index in [9.17, 15) is 22.8 Å². The summed E-state index contributed by atoms with van der Waals surface area (Å²) in [6.07, 6.45) is 5.91. The Morgan fingerprint density at radius 3 is 2.70 bits per heavy atom. The lowest BCUT2D eigenvalue weighted by Crippen LogP contribution is -2.59. The normalized spacial score (nSPS) is 36.8. The van der Waals surface area contributed by atoms with E-state index in [2.05, 4.69) is 25.2 Å². The number of carbonyl (C=O) groups excluding carboxylic acids is 2.